The lowest BCUT2D eigenvalue weighted by Gasteiger charge is -2.29. The van der Waals surface area contributed by atoms with Gasteiger partial charge in [-0.15, -0.1) is 6.58 Å². The summed E-state index contributed by atoms with van der Waals surface area (Å²) in [5.74, 6) is -0.0777. The summed E-state index contributed by atoms with van der Waals surface area (Å²) in [5, 5.41) is 17.9. The zero-order chi connectivity index (χ0) is 9.68. The highest BCUT2D eigenvalue weighted by atomic mass is 16.5. The van der Waals surface area contributed by atoms with Crippen LogP contribution >= 0.6 is 0 Å². The van der Waals surface area contributed by atoms with E-state index in [9.17, 15) is 0 Å². The zero-order valence-electron chi connectivity index (χ0n) is 7.60. The first kappa shape index (κ1) is 10.4. The molecule has 3 nitrogen and oxygen atoms in total. The molecule has 0 aromatic rings. The van der Waals surface area contributed by atoms with Crippen molar-refractivity contribution in [3.05, 3.63) is 24.8 Å². The molecule has 1 heterocycles. The van der Waals surface area contributed by atoms with Gasteiger partial charge in [0.05, 0.1) is 25.4 Å². The van der Waals surface area contributed by atoms with Gasteiger partial charge in [-0.25, -0.2) is 0 Å². The summed E-state index contributed by atoms with van der Waals surface area (Å²) < 4.78 is 5.51. The maximum absolute atomic E-state index is 8.98. The predicted octanol–water partition coefficient (Wildman–Crippen LogP) is 0.487. The van der Waals surface area contributed by atoms with Crippen LogP contribution in [0.1, 0.15) is 6.42 Å². The van der Waals surface area contributed by atoms with Gasteiger partial charge >= 0.3 is 0 Å². The Hall–Kier alpha value is -0.640. The normalized spacial score (nSPS) is 33.2. The fraction of sp³-hybridized carbons (Fsp3) is 0.600. The third kappa shape index (κ3) is 2.66. The van der Waals surface area contributed by atoms with Gasteiger partial charge in [0.25, 0.3) is 0 Å². The Morgan fingerprint density at radius 3 is 2.62 bits per heavy atom. The van der Waals surface area contributed by atoms with Crippen LogP contribution in [0.3, 0.4) is 0 Å². The van der Waals surface area contributed by atoms with Crippen LogP contribution in [0.25, 0.3) is 0 Å². The van der Waals surface area contributed by atoms with E-state index in [4.69, 9.17) is 14.9 Å². The van der Waals surface area contributed by atoms with Crippen LogP contribution in [0.4, 0.5) is 0 Å². The van der Waals surface area contributed by atoms with Gasteiger partial charge in [-0.1, -0.05) is 18.2 Å². The third-order valence-electron chi connectivity index (χ3n) is 2.19. The lowest BCUT2D eigenvalue weighted by molar-refractivity contribution is -0.0586. The average Bonchev–Trinajstić information content (AvgIpc) is 2.18. The second-order valence-electron chi connectivity index (χ2n) is 3.15. The lowest BCUT2D eigenvalue weighted by atomic mass is 9.98. The van der Waals surface area contributed by atoms with Crippen molar-refractivity contribution in [2.75, 3.05) is 13.2 Å². The van der Waals surface area contributed by atoms with Gasteiger partial charge in [0.15, 0.2) is 0 Å². The second kappa shape index (κ2) is 5.17. The molecule has 1 aliphatic heterocycles. The molecule has 3 atom stereocenters. The van der Waals surface area contributed by atoms with Gasteiger partial charge in [0.1, 0.15) is 0 Å². The standard InChI is InChI=1S/C10H16O3/c1-2-3-9-5-4-8(6-11)10(7-12)13-9/h2,4-5,8-12H,1,3,6-7H2/t8-,9+,10-/m1/s1. The highest BCUT2D eigenvalue weighted by Gasteiger charge is 2.25. The molecule has 0 aromatic carbocycles. The van der Waals surface area contributed by atoms with Crippen LogP contribution < -0.4 is 0 Å². The first-order valence-corrected chi connectivity index (χ1v) is 4.48. The number of hydrogen-bond donors (Lipinski definition) is 2. The molecule has 0 aliphatic carbocycles. The van der Waals surface area contributed by atoms with Crippen molar-refractivity contribution in [2.24, 2.45) is 5.92 Å². The van der Waals surface area contributed by atoms with Crippen molar-refractivity contribution < 1.29 is 14.9 Å². The minimum absolute atomic E-state index is 0.00236. The smallest absolute Gasteiger partial charge is 0.0898 e. The minimum atomic E-state index is -0.278. The van der Waals surface area contributed by atoms with E-state index in [1.54, 1.807) is 6.08 Å². The summed E-state index contributed by atoms with van der Waals surface area (Å²) in [6.07, 6.45) is 6.05. The largest absolute Gasteiger partial charge is 0.396 e. The van der Waals surface area contributed by atoms with E-state index in [1.165, 1.54) is 0 Å². The van der Waals surface area contributed by atoms with Crippen LogP contribution in [-0.2, 0) is 4.74 Å². The van der Waals surface area contributed by atoms with Crippen LogP contribution in [0.15, 0.2) is 24.8 Å². The summed E-state index contributed by atoms with van der Waals surface area (Å²) >= 11 is 0. The Balaban J connectivity index is 2.55. The first-order chi connectivity index (χ1) is 6.31. The highest BCUT2D eigenvalue weighted by molar-refractivity contribution is 5.03. The van der Waals surface area contributed by atoms with Crippen LogP contribution in [0.5, 0.6) is 0 Å². The Kier molecular flexibility index (Phi) is 4.15. The number of rotatable bonds is 4. The molecule has 0 unspecified atom stereocenters. The van der Waals surface area contributed by atoms with E-state index in [0.717, 1.165) is 6.42 Å². The Bertz CT molecular complexity index is 189. The minimum Gasteiger partial charge on any atom is -0.396 e. The lowest BCUT2D eigenvalue weighted by Crippen LogP contribution is -2.35. The van der Waals surface area contributed by atoms with Gasteiger partial charge in [-0.2, -0.15) is 0 Å². The summed E-state index contributed by atoms with van der Waals surface area (Å²) in [5.41, 5.74) is 0. The number of aliphatic hydroxyl groups excluding tert-OH is 2. The molecule has 0 aromatic heterocycles. The van der Waals surface area contributed by atoms with Gasteiger partial charge in [0.2, 0.25) is 0 Å². The maximum atomic E-state index is 8.98. The van der Waals surface area contributed by atoms with Crippen LogP contribution in [-0.4, -0.2) is 35.6 Å². The monoisotopic (exact) mass is 184 g/mol. The highest BCUT2D eigenvalue weighted by Crippen LogP contribution is 2.19. The summed E-state index contributed by atoms with van der Waals surface area (Å²) in [6.45, 7) is 3.58. The van der Waals surface area contributed by atoms with Crippen LogP contribution in [0.2, 0.25) is 0 Å². The topological polar surface area (TPSA) is 49.7 Å². The van der Waals surface area contributed by atoms with E-state index in [-0.39, 0.29) is 31.3 Å². The number of hydrogen-bond acceptors (Lipinski definition) is 3. The van der Waals surface area contributed by atoms with E-state index in [0.29, 0.717) is 0 Å². The van der Waals surface area contributed by atoms with Crippen molar-refractivity contribution in [3.8, 4) is 0 Å². The molecule has 13 heavy (non-hydrogen) atoms. The molecule has 0 saturated heterocycles. The van der Waals surface area contributed by atoms with Crippen molar-refractivity contribution in [1.29, 1.82) is 0 Å². The second-order valence-corrected chi connectivity index (χ2v) is 3.15. The van der Waals surface area contributed by atoms with Gasteiger partial charge in [-0.3, -0.25) is 0 Å². The Labute approximate surface area is 78.3 Å². The number of ether oxygens (including phenoxy) is 1. The molecule has 3 heteroatoms. The molecule has 0 spiro atoms. The summed E-state index contributed by atoms with van der Waals surface area (Å²) in [6, 6.07) is 0. The Morgan fingerprint density at radius 2 is 2.08 bits per heavy atom. The van der Waals surface area contributed by atoms with Crippen molar-refractivity contribution in [2.45, 2.75) is 18.6 Å². The number of aliphatic hydroxyl groups is 2. The molecule has 0 bridgehead atoms. The van der Waals surface area contributed by atoms with E-state index >= 15 is 0 Å². The first-order valence-electron chi connectivity index (χ1n) is 4.48. The van der Waals surface area contributed by atoms with Crippen molar-refractivity contribution in [1.82, 2.24) is 0 Å². The average molecular weight is 184 g/mol. The SMILES string of the molecule is C=CC[C@H]1C=C[C@H](CO)[C@@H](CO)O1. The molecule has 0 saturated carbocycles. The quantitative estimate of drug-likeness (QED) is 0.625. The molecule has 0 radical (unpaired) electrons. The molecular weight excluding hydrogens is 168 g/mol. The van der Waals surface area contributed by atoms with E-state index in [1.807, 2.05) is 12.2 Å². The summed E-state index contributed by atoms with van der Waals surface area (Å²) in [7, 11) is 0. The molecule has 0 amide bonds. The van der Waals surface area contributed by atoms with Gasteiger partial charge in [-0.05, 0) is 6.42 Å². The fourth-order valence-electron chi connectivity index (χ4n) is 1.42. The molecule has 74 valence electrons. The molecule has 1 aliphatic rings. The van der Waals surface area contributed by atoms with Crippen molar-refractivity contribution in [3.63, 3.8) is 0 Å². The van der Waals surface area contributed by atoms with Crippen LogP contribution in [0, 0.1) is 5.92 Å². The molecule has 2 N–H and O–H groups in total. The zero-order valence-corrected chi connectivity index (χ0v) is 7.60. The van der Waals surface area contributed by atoms with Gasteiger partial charge < -0.3 is 14.9 Å². The molecular formula is C10H16O3. The van der Waals surface area contributed by atoms with Gasteiger partial charge in [0, 0.05) is 5.92 Å². The van der Waals surface area contributed by atoms with E-state index < -0.39 is 0 Å². The van der Waals surface area contributed by atoms with E-state index in [2.05, 4.69) is 6.58 Å². The molecule has 1 rings (SSSR count). The predicted molar refractivity (Wildman–Crippen MR) is 50.3 cm³/mol. The fourth-order valence-corrected chi connectivity index (χ4v) is 1.42. The molecule has 0 fully saturated rings. The third-order valence-corrected chi connectivity index (χ3v) is 2.19. The maximum Gasteiger partial charge on any atom is 0.0898 e. The Morgan fingerprint density at radius 1 is 1.31 bits per heavy atom. The summed E-state index contributed by atoms with van der Waals surface area (Å²) in [4.78, 5) is 0. The van der Waals surface area contributed by atoms with Crippen molar-refractivity contribution >= 4 is 0 Å².